The van der Waals surface area contributed by atoms with E-state index in [1.807, 2.05) is 6.92 Å². The number of rotatable bonds is 8. The number of amides is 1. The summed E-state index contributed by atoms with van der Waals surface area (Å²) in [5.74, 6) is -0.246. The van der Waals surface area contributed by atoms with E-state index in [1.165, 1.54) is 6.07 Å². The first-order valence-electron chi connectivity index (χ1n) is 7.13. The number of carbonyl (C=O) groups is 1. The fraction of sp³-hybridized carbons (Fsp3) is 0.533. The summed E-state index contributed by atoms with van der Waals surface area (Å²) in [5, 5.41) is 2.78. The normalized spacial score (nSPS) is 11.3. The number of hydrogen-bond acceptors (Lipinski definition) is 3. The van der Waals surface area contributed by atoms with Crippen molar-refractivity contribution in [3.8, 4) is 0 Å². The molecule has 0 unspecified atom stereocenters. The van der Waals surface area contributed by atoms with E-state index in [9.17, 15) is 13.2 Å². The molecular weight excluding hydrogens is 274 g/mol. The Kier molecular flexibility index (Phi) is 6.71. The van der Waals surface area contributed by atoms with E-state index in [2.05, 4.69) is 12.2 Å². The van der Waals surface area contributed by atoms with Gasteiger partial charge in [0.05, 0.1) is 16.2 Å². The molecule has 1 amide bonds. The smallest absolute Gasteiger partial charge is 0.252 e. The molecule has 0 bridgehead atoms. The van der Waals surface area contributed by atoms with Crippen LogP contribution < -0.4 is 5.32 Å². The standard InChI is InChI=1S/C15H23NO3S/c1-3-5-8-11-16-15(17)13-9-6-7-10-14(13)20(18,19)12-4-2/h6-7,9-10H,3-5,8,11-12H2,1-2H3,(H,16,17). The molecule has 0 aliphatic carbocycles. The summed E-state index contributed by atoms with van der Waals surface area (Å²) < 4.78 is 24.3. The Hall–Kier alpha value is -1.36. The highest BCUT2D eigenvalue weighted by Crippen LogP contribution is 2.17. The van der Waals surface area contributed by atoms with Crippen molar-refractivity contribution in [1.29, 1.82) is 0 Å². The summed E-state index contributed by atoms with van der Waals surface area (Å²) in [4.78, 5) is 12.2. The van der Waals surface area contributed by atoms with Gasteiger partial charge in [-0.2, -0.15) is 0 Å². The van der Waals surface area contributed by atoms with Crippen LogP contribution in [-0.4, -0.2) is 26.6 Å². The highest BCUT2D eigenvalue weighted by molar-refractivity contribution is 7.91. The maximum atomic E-state index is 12.2. The van der Waals surface area contributed by atoms with E-state index in [-0.39, 0.29) is 22.1 Å². The van der Waals surface area contributed by atoms with Crippen LogP contribution in [-0.2, 0) is 9.84 Å². The van der Waals surface area contributed by atoms with Crippen LogP contribution in [0.4, 0.5) is 0 Å². The maximum absolute atomic E-state index is 12.2. The van der Waals surface area contributed by atoms with Crippen molar-refractivity contribution in [2.45, 2.75) is 44.4 Å². The predicted molar refractivity (Wildman–Crippen MR) is 80.6 cm³/mol. The minimum absolute atomic E-state index is 0.0626. The molecule has 0 aliphatic rings. The van der Waals surface area contributed by atoms with Gasteiger partial charge in [0.25, 0.3) is 5.91 Å². The SMILES string of the molecule is CCCCCNC(=O)c1ccccc1S(=O)(=O)CCC. The summed E-state index contributed by atoms with van der Waals surface area (Å²) in [6.45, 7) is 4.48. The quantitative estimate of drug-likeness (QED) is 0.750. The Labute approximate surface area is 121 Å². The number of carbonyl (C=O) groups excluding carboxylic acids is 1. The molecule has 0 radical (unpaired) electrons. The van der Waals surface area contributed by atoms with Gasteiger partial charge < -0.3 is 5.32 Å². The van der Waals surface area contributed by atoms with Crippen molar-refractivity contribution in [2.24, 2.45) is 0 Å². The van der Waals surface area contributed by atoms with Crippen molar-refractivity contribution >= 4 is 15.7 Å². The van der Waals surface area contributed by atoms with Gasteiger partial charge in [-0.15, -0.1) is 0 Å². The van der Waals surface area contributed by atoms with Gasteiger partial charge in [0.15, 0.2) is 9.84 Å². The summed E-state index contributed by atoms with van der Waals surface area (Å²) in [6, 6.07) is 6.41. The van der Waals surface area contributed by atoms with E-state index in [4.69, 9.17) is 0 Å². The lowest BCUT2D eigenvalue weighted by Gasteiger charge is -2.10. The molecule has 1 rings (SSSR count). The van der Waals surface area contributed by atoms with E-state index < -0.39 is 9.84 Å². The predicted octanol–water partition coefficient (Wildman–Crippen LogP) is 2.79. The van der Waals surface area contributed by atoms with Crippen LogP contribution in [0.1, 0.15) is 49.9 Å². The molecule has 0 aromatic heterocycles. The first-order valence-corrected chi connectivity index (χ1v) is 8.78. The first kappa shape index (κ1) is 16.7. The lowest BCUT2D eigenvalue weighted by molar-refractivity contribution is 0.0949. The van der Waals surface area contributed by atoms with E-state index in [0.717, 1.165) is 19.3 Å². The van der Waals surface area contributed by atoms with E-state index in [0.29, 0.717) is 13.0 Å². The molecule has 0 heterocycles. The fourth-order valence-corrected chi connectivity index (χ4v) is 3.52. The molecule has 0 aliphatic heterocycles. The van der Waals surface area contributed by atoms with Crippen molar-refractivity contribution in [3.63, 3.8) is 0 Å². The lowest BCUT2D eigenvalue weighted by atomic mass is 10.2. The van der Waals surface area contributed by atoms with Crippen LogP contribution in [0.25, 0.3) is 0 Å². The molecule has 20 heavy (non-hydrogen) atoms. The molecule has 0 atom stereocenters. The largest absolute Gasteiger partial charge is 0.352 e. The second kappa shape index (κ2) is 8.04. The fourth-order valence-electron chi connectivity index (χ4n) is 1.98. The molecule has 4 nitrogen and oxygen atoms in total. The Morgan fingerprint density at radius 3 is 2.45 bits per heavy atom. The number of benzene rings is 1. The van der Waals surface area contributed by atoms with Gasteiger partial charge in [0.1, 0.15) is 0 Å². The van der Waals surface area contributed by atoms with Crippen molar-refractivity contribution in [1.82, 2.24) is 5.32 Å². The Morgan fingerprint density at radius 2 is 1.80 bits per heavy atom. The third-order valence-electron chi connectivity index (χ3n) is 3.01. The number of nitrogens with one attached hydrogen (secondary N) is 1. The van der Waals surface area contributed by atoms with Gasteiger partial charge in [-0.1, -0.05) is 38.8 Å². The molecule has 0 saturated heterocycles. The van der Waals surface area contributed by atoms with Crippen LogP contribution in [0, 0.1) is 0 Å². The van der Waals surface area contributed by atoms with Crippen LogP contribution in [0.15, 0.2) is 29.2 Å². The average Bonchev–Trinajstić information content (AvgIpc) is 2.43. The molecule has 0 fully saturated rings. The third kappa shape index (κ3) is 4.63. The minimum Gasteiger partial charge on any atom is -0.352 e. The molecule has 0 spiro atoms. The van der Waals surface area contributed by atoms with Crippen LogP contribution in [0.2, 0.25) is 0 Å². The summed E-state index contributed by atoms with van der Waals surface area (Å²) in [6.07, 6.45) is 3.58. The molecule has 5 heteroatoms. The summed E-state index contributed by atoms with van der Waals surface area (Å²) in [7, 11) is -3.38. The lowest BCUT2D eigenvalue weighted by Crippen LogP contribution is -2.26. The average molecular weight is 297 g/mol. The zero-order chi connectivity index (χ0) is 15.0. The Morgan fingerprint density at radius 1 is 1.10 bits per heavy atom. The molecule has 1 aromatic carbocycles. The topological polar surface area (TPSA) is 63.2 Å². The number of hydrogen-bond donors (Lipinski definition) is 1. The maximum Gasteiger partial charge on any atom is 0.252 e. The van der Waals surface area contributed by atoms with Gasteiger partial charge >= 0.3 is 0 Å². The molecular formula is C15H23NO3S. The second-order valence-electron chi connectivity index (χ2n) is 4.78. The summed E-state index contributed by atoms with van der Waals surface area (Å²) >= 11 is 0. The Bertz CT molecular complexity index is 538. The first-order chi connectivity index (χ1) is 9.53. The molecule has 112 valence electrons. The minimum atomic E-state index is -3.38. The number of sulfone groups is 1. The van der Waals surface area contributed by atoms with Gasteiger partial charge in [0, 0.05) is 6.54 Å². The summed E-state index contributed by atoms with van der Waals surface area (Å²) in [5.41, 5.74) is 0.248. The van der Waals surface area contributed by atoms with Crippen LogP contribution in [0.5, 0.6) is 0 Å². The van der Waals surface area contributed by atoms with Crippen molar-refractivity contribution in [2.75, 3.05) is 12.3 Å². The highest BCUT2D eigenvalue weighted by Gasteiger charge is 2.20. The van der Waals surface area contributed by atoms with Crippen LogP contribution >= 0.6 is 0 Å². The highest BCUT2D eigenvalue weighted by atomic mass is 32.2. The van der Waals surface area contributed by atoms with E-state index >= 15 is 0 Å². The molecule has 1 aromatic rings. The van der Waals surface area contributed by atoms with Crippen LogP contribution in [0.3, 0.4) is 0 Å². The van der Waals surface area contributed by atoms with Gasteiger partial charge in [-0.3, -0.25) is 4.79 Å². The molecule has 0 saturated carbocycles. The van der Waals surface area contributed by atoms with Crippen molar-refractivity contribution in [3.05, 3.63) is 29.8 Å². The number of unbranched alkanes of at least 4 members (excludes halogenated alkanes) is 2. The third-order valence-corrected chi connectivity index (χ3v) is 4.98. The monoisotopic (exact) mass is 297 g/mol. The van der Waals surface area contributed by atoms with Crippen molar-refractivity contribution < 1.29 is 13.2 Å². The zero-order valence-corrected chi connectivity index (χ0v) is 13.0. The Balaban J connectivity index is 2.88. The molecule has 1 N–H and O–H groups in total. The van der Waals surface area contributed by atoms with Gasteiger partial charge in [0.2, 0.25) is 0 Å². The zero-order valence-electron chi connectivity index (χ0n) is 12.2. The second-order valence-corrected chi connectivity index (χ2v) is 6.86. The van der Waals surface area contributed by atoms with E-state index in [1.54, 1.807) is 18.2 Å². The van der Waals surface area contributed by atoms with Gasteiger partial charge in [-0.25, -0.2) is 8.42 Å². The van der Waals surface area contributed by atoms with Gasteiger partial charge in [-0.05, 0) is 25.0 Å².